The zero-order valence-corrected chi connectivity index (χ0v) is 23.0. The van der Waals surface area contributed by atoms with Crippen molar-refractivity contribution >= 4 is 22.0 Å². The predicted octanol–water partition coefficient (Wildman–Crippen LogP) is 4.02. The number of amides is 1. The number of ether oxygens (including phenoxy) is 1. The van der Waals surface area contributed by atoms with Crippen molar-refractivity contribution in [2.24, 2.45) is 5.92 Å². The van der Waals surface area contributed by atoms with Crippen molar-refractivity contribution in [2.45, 2.75) is 31.1 Å². The highest BCUT2D eigenvalue weighted by atomic mass is 32.2. The lowest BCUT2D eigenvalue weighted by molar-refractivity contribution is -0.117. The van der Waals surface area contributed by atoms with Gasteiger partial charge >= 0.3 is 0 Å². The lowest BCUT2D eigenvalue weighted by Gasteiger charge is -2.29. The van der Waals surface area contributed by atoms with Crippen LogP contribution in [0.25, 0.3) is 23.0 Å². The van der Waals surface area contributed by atoms with E-state index in [0.717, 1.165) is 18.5 Å². The number of sulfonamides is 1. The van der Waals surface area contributed by atoms with E-state index in [0.29, 0.717) is 55.4 Å². The van der Waals surface area contributed by atoms with Gasteiger partial charge in [-0.05, 0) is 55.5 Å². The molecular weight excluding hydrogens is 514 g/mol. The van der Waals surface area contributed by atoms with E-state index in [-0.39, 0.29) is 10.5 Å². The number of hydrogen-bond donors (Lipinski definition) is 1. The molecule has 0 saturated carbocycles. The first-order valence-electron chi connectivity index (χ1n) is 13.0. The van der Waals surface area contributed by atoms with E-state index in [9.17, 15) is 18.5 Å². The zero-order valence-electron chi connectivity index (χ0n) is 22.2. The molecule has 0 spiro atoms. The van der Waals surface area contributed by atoms with Gasteiger partial charge in [0.25, 0.3) is 5.91 Å². The van der Waals surface area contributed by atoms with Gasteiger partial charge < -0.3 is 10.1 Å². The molecule has 0 unspecified atom stereocenters. The third-order valence-electron chi connectivity index (χ3n) is 6.73. The maximum Gasteiger partial charge on any atom is 0.261 e. The molecule has 1 N–H and O–H groups in total. The molecule has 2 heterocycles. The molecule has 1 saturated heterocycles. The Morgan fingerprint density at radius 2 is 1.92 bits per heavy atom. The number of aromatic nitrogens is 2. The number of nitrogens with one attached hydrogen (secondary N) is 1. The molecule has 3 aromatic rings. The van der Waals surface area contributed by atoms with E-state index in [2.05, 4.69) is 12.2 Å². The molecule has 1 aliphatic heterocycles. The van der Waals surface area contributed by atoms with Crippen LogP contribution in [0.1, 0.15) is 31.7 Å². The average Bonchev–Trinajstić information content (AvgIpc) is 3.38. The molecule has 0 atom stereocenters. The highest BCUT2D eigenvalue weighted by Crippen LogP contribution is 2.30. The monoisotopic (exact) mass is 547 g/mol. The van der Waals surface area contributed by atoms with Gasteiger partial charge in [-0.25, -0.2) is 13.1 Å². The lowest BCUT2D eigenvalue weighted by atomic mass is 10.0. The molecule has 2 aromatic carbocycles. The average molecular weight is 548 g/mol. The van der Waals surface area contributed by atoms with Gasteiger partial charge in [0.2, 0.25) is 10.0 Å². The van der Waals surface area contributed by atoms with Crippen LogP contribution in [-0.4, -0.2) is 61.8 Å². The molecule has 0 radical (unpaired) electrons. The van der Waals surface area contributed by atoms with E-state index in [4.69, 9.17) is 9.84 Å². The normalized spacial score (nSPS) is 15.2. The summed E-state index contributed by atoms with van der Waals surface area (Å²) in [6.07, 6.45) is 5.50. The number of hydrogen-bond acceptors (Lipinski definition) is 6. The molecule has 1 aromatic heterocycles. The van der Waals surface area contributed by atoms with Crippen LogP contribution in [0.3, 0.4) is 0 Å². The Hall–Kier alpha value is -3.78. The summed E-state index contributed by atoms with van der Waals surface area (Å²) in [5, 5.41) is 17.2. The first-order valence-corrected chi connectivity index (χ1v) is 14.4. The molecule has 0 aliphatic carbocycles. The van der Waals surface area contributed by atoms with Crippen LogP contribution in [-0.2, 0) is 19.6 Å². The molecule has 0 bridgehead atoms. The number of para-hydroxylation sites is 1. The van der Waals surface area contributed by atoms with E-state index in [1.165, 1.54) is 10.4 Å². The first kappa shape index (κ1) is 28.2. The van der Waals surface area contributed by atoms with Crippen LogP contribution in [0, 0.1) is 17.2 Å². The number of benzene rings is 2. The summed E-state index contributed by atoms with van der Waals surface area (Å²) in [4.78, 5) is 12.9. The Kier molecular flexibility index (Phi) is 9.30. The van der Waals surface area contributed by atoms with Crippen LogP contribution in [0.5, 0.6) is 0 Å². The Bertz CT molecular complexity index is 1470. The third kappa shape index (κ3) is 6.81. The molecular formula is C29H33N5O4S. The van der Waals surface area contributed by atoms with E-state index in [1.807, 2.05) is 36.4 Å². The van der Waals surface area contributed by atoms with Crippen molar-refractivity contribution in [1.82, 2.24) is 19.4 Å². The van der Waals surface area contributed by atoms with Gasteiger partial charge in [0.1, 0.15) is 17.3 Å². The first-order chi connectivity index (χ1) is 18.8. The number of rotatable bonds is 10. The SMILES string of the molecule is COCCCNC(=O)/C(C#N)=C/c1cn(-c2ccccc2)nc1-c1cccc(S(=O)(=O)N2CCC(C)CC2)c1. The summed E-state index contributed by atoms with van der Waals surface area (Å²) in [5.41, 5.74) is 2.26. The van der Waals surface area contributed by atoms with Crippen molar-refractivity contribution in [3.8, 4) is 23.0 Å². The Labute approximate surface area is 229 Å². The maximum atomic E-state index is 13.4. The number of nitrogens with zero attached hydrogens (tertiary/aromatic N) is 4. The second-order valence-electron chi connectivity index (χ2n) is 9.60. The predicted molar refractivity (Wildman–Crippen MR) is 149 cm³/mol. The van der Waals surface area contributed by atoms with Gasteiger partial charge in [-0.3, -0.25) is 4.79 Å². The van der Waals surface area contributed by atoms with E-state index < -0.39 is 15.9 Å². The van der Waals surface area contributed by atoms with Gasteiger partial charge in [-0.1, -0.05) is 37.3 Å². The topological polar surface area (TPSA) is 117 Å². The number of piperidine rings is 1. The summed E-state index contributed by atoms with van der Waals surface area (Å²) in [7, 11) is -2.09. The van der Waals surface area contributed by atoms with Crippen LogP contribution in [0.4, 0.5) is 0 Å². The van der Waals surface area contributed by atoms with Crippen molar-refractivity contribution in [2.75, 3.05) is 33.4 Å². The molecule has 1 amide bonds. The molecule has 204 valence electrons. The second-order valence-corrected chi connectivity index (χ2v) is 11.5. The Morgan fingerprint density at radius 1 is 1.18 bits per heavy atom. The fourth-order valence-electron chi connectivity index (χ4n) is 4.43. The van der Waals surface area contributed by atoms with Crippen molar-refractivity contribution in [1.29, 1.82) is 5.26 Å². The lowest BCUT2D eigenvalue weighted by Crippen LogP contribution is -2.37. The van der Waals surface area contributed by atoms with Gasteiger partial charge in [-0.2, -0.15) is 14.7 Å². The minimum absolute atomic E-state index is 0.0764. The minimum Gasteiger partial charge on any atom is -0.385 e. The Balaban J connectivity index is 1.73. The molecule has 1 aliphatic rings. The molecule has 39 heavy (non-hydrogen) atoms. The third-order valence-corrected chi connectivity index (χ3v) is 8.62. The fraction of sp³-hybridized carbons (Fsp3) is 0.345. The van der Waals surface area contributed by atoms with Crippen LogP contribution in [0.2, 0.25) is 0 Å². The van der Waals surface area contributed by atoms with Crippen LogP contribution >= 0.6 is 0 Å². The largest absolute Gasteiger partial charge is 0.385 e. The fourth-order valence-corrected chi connectivity index (χ4v) is 5.94. The van der Waals surface area contributed by atoms with Gasteiger partial charge in [0, 0.05) is 50.7 Å². The van der Waals surface area contributed by atoms with E-state index >= 15 is 0 Å². The van der Waals surface area contributed by atoms with Crippen molar-refractivity contribution in [3.63, 3.8) is 0 Å². The number of carbonyl (C=O) groups excluding carboxylic acids is 1. The summed E-state index contributed by atoms with van der Waals surface area (Å²) in [5.74, 6) is 0.00765. The van der Waals surface area contributed by atoms with Gasteiger partial charge in [0.05, 0.1) is 10.6 Å². The number of methoxy groups -OCH3 is 1. The highest BCUT2D eigenvalue weighted by Gasteiger charge is 2.28. The number of nitriles is 1. The quantitative estimate of drug-likeness (QED) is 0.233. The smallest absolute Gasteiger partial charge is 0.261 e. The summed E-state index contributed by atoms with van der Waals surface area (Å²) in [6.45, 7) is 4.00. The second kappa shape index (κ2) is 12.8. The number of carbonyl (C=O) groups is 1. The maximum absolute atomic E-state index is 13.4. The zero-order chi connectivity index (χ0) is 27.8. The van der Waals surface area contributed by atoms with Crippen LogP contribution in [0.15, 0.2) is 71.3 Å². The van der Waals surface area contributed by atoms with Crippen molar-refractivity contribution < 1.29 is 17.9 Å². The van der Waals surface area contributed by atoms with Crippen LogP contribution < -0.4 is 5.32 Å². The summed E-state index contributed by atoms with van der Waals surface area (Å²) < 4.78 is 35.1. The summed E-state index contributed by atoms with van der Waals surface area (Å²) >= 11 is 0. The highest BCUT2D eigenvalue weighted by molar-refractivity contribution is 7.89. The standard InChI is InChI=1S/C29H33N5O4S/c1-22-12-15-33(16-13-22)39(36,37)27-11-6-8-23(19-27)28-25(21-34(32-28)26-9-4-3-5-10-26)18-24(20-30)29(35)31-14-7-17-38-2/h3-6,8-11,18-19,21-22H,7,12-17H2,1-2H3,(H,31,35)/b24-18+. The Morgan fingerprint density at radius 3 is 2.62 bits per heavy atom. The molecule has 1 fully saturated rings. The molecule has 10 heteroatoms. The minimum atomic E-state index is -3.67. The van der Waals surface area contributed by atoms with E-state index in [1.54, 1.807) is 42.3 Å². The summed E-state index contributed by atoms with van der Waals surface area (Å²) in [6, 6.07) is 18.1. The van der Waals surface area contributed by atoms with Crippen molar-refractivity contribution in [3.05, 3.63) is 71.9 Å². The molecule has 4 rings (SSSR count). The van der Waals surface area contributed by atoms with Gasteiger partial charge in [-0.15, -0.1) is 0 Å². The molecule has 9 nitrogen and oxygen atoms in total. The van der Waals surface area contributed by atoms with Gasteiger partial charge in [0.15, 0.2) is 0 Å².